The number of nitrogens with zero attached hydrogens (tertiary/aromatic N) is 1. The Morgan fingerprint density at radius 2 is 2.05 bits per heavy atom. The van der Waals surface area contributed by atoms with Crippen molar-refractivity contribution < 1.29 is 5.11 Å². The third-order valence-corrected chi connectivity index (χ3v) is 4.65. The number of benzene rings is 1. The Bertz CT molecular complexity index is 608. The molecule has 1 aromatic heterocycles. The molecule has 0 amide bonds. The average molecular weight is 291 g/mol. The molecule has 2 N–H and O–H groups in total. The second-order valence-corrected chi connectivity index (χ2v) is 6.01. The fourth-order valence-corrected chi connectivity index (χ4v) is 3.28. The quantitative estimate of drug-likeness (QED) is 0.908. The Morgan fingerprint density at radius 3 is 2.80 bits per heavy atom. The summed E-state index contributed by atoms with van der Waals surface area (Å²) in [5.74, 6) is 0. The van der Waals surface area contributed by atoms with Crippen LogP contribution in [-0.2, 0) is 6.54 Å². The highest BCUT2D eigenvalue weighted by atomic mass is 35.5. The van der Waals surface area contributed by atoms with Gasteiger partial charge in [0.15, 0.2) is 0 Å². The first-order chi connectivity index (χ1) is 9.74. The summed E-state index contributed by atoms with van der Waals surface area (Å²) in [7, 11) is 0. The summed E-state index contributed by atoms with van der Waals surface area (Å²) >= 11 is 6.21. The molecule has 0 bridgehead atoms. The Kier molecular flexibility index (Phi) is 3.92. The van der Waals surface area contributed by atoms with E-state index in [1.807, 2.05) is 24.3 Å². The molecule has 20 heavy (non-hydrogen) atoms. The van der Waals surface area contributed by atoms with Crippen LogP contribution in [0.3, 0.4) is 0 Å². The predicted octanol–water partition coefficient (Wildman–Crippen LogP) is 3.28. The van der Waals surface area contributed by atoms with Crippen LogP contribution in [-0.4, -0.2) is 22.2 Å². The van der Waals surface area contributed by atoms with Crippen LogP contribution in [0, 0.1) is 0 Å². The predicted molar refractivity (Wildman–Crippen MR) is 81.9 cm³/mol. The molecule has 1 fully saturated rings. The molecule has 0 spiro atoms. The van der Waals surface area contributed by atoms with Crippen molar-refractivity contribution in [2.45, 2.75) is 37.8 Å². The van der Waals surface area contributed by atoms with Crippen LogP contribution < -0.4 is 5.32 Å². The van der Waals surface area contributed by atoms with E-state index in [1.165, 1.54) is 12.8 Å². The number of hydrogen-bond acceptors (Lipinski definition) is 3. The first kappa shape index (κ1) is 13.8. The molecule has 2 aromatic rings. The summed E-state index contributed by atoms with van der Waals surface area (Å²) in [6, 6.07) is 7.83. The van der Waals surface area contributed by atoms with E-state index in [2.05, 4.69) is 10.3 Å². The fraction of sp³-hybridized carbons (Fsp3) is 0.438. The van der Waals surface area contributed by atoms with E-state index in [9.17, 15) is 5.11 Å². The average Bonchev–Trinajstić information content (AvgIpc) is 2.96. The van der Waals surface area contributed by atoms with E-state index in [0.29, 0.717) is 6.54 Å². The van der Waals surface area contributed by atoms with Crippen molar-refractivity contribution >= 4 is 22.5 Å². The number of aliphatic hydroxyl groups is 1. The molecule has 0 aliphatic heterocycles. The van der Waals surface area contributed by atoms with Gasteiger partial charge in [0.2, 0.25) is 0 Å². The van der Waals surface area contributed by atoms with Crippen LogP contribution in [0.25, 0.3) is 10.9 Å². The van der Waals surface area contributed by atoms with Crippen molar-refractivity contribution in [2.75, 3.05) is 6.61 Å². The third kappa shape index (κ3) is 2.53. The summed E-state index contributed by atoms with van der Waals surface area (Å²) < 4.78 is 0. The Labute approximate surface area is 124 Å². The maximum absolute atomic E-state index is 9.65. The Balaban J connectivity index is 1.86. The molecular formula is C16H19ClN2O. The van der Waals surface area contributed by atoms with Gasteiger partial charge >= 0.3 is 0 Å². The summed E-state index contributed by atoms with van der Waals surface area (Å²) in [5, 5.41) is 14.9. The lowest BCUT2D eigenvalue weighted by Gasteiger charge is -2.28. The zero-order valence-corrected chi connectivity index (χ0v) is 12.2. The van der Waals surface area contributed by atoms with Crippen LogP contribution in [0.4, 0.5) is 0 Å². The van der Waals surface area contributed by atoms with Gasteiger partial charge < -0.3 is 10.4 Å². The largest absolute Gasteiger partial charge is 0.394 e. The molecule has 4 heteroatoms. The number of rotatable bonds is 4. The number of aliphatic hydroxyl groups excluding tert-OH is 1. The van der Waals surface area contributed by atoms with Gasteiger partial charge in [-0.25, -0.2) is 0 Å². The lowest BCUT2D eigenvalue weighted by Crippen LogP contribution is -2.45. The number of hydrogen-bond donors (Lipinski definition) is 2. The minimum Gasteiger partial charge on any atom is -0.394 e. The molecule has 1 heterocycles. The molecule has 1 aliphatic rings. The van der Waals surface area contributed by atoms with E-state index in [0.717, 1.165) is 34.3 Å². The zero-order valence-electron chi connectivity index (χ0n) is 11.4. The van der Waals surface area contributed by atoms with Crippen molar-refractivity contribution in [3.8, 4) is 0 Å². The van der Waals surface area contributed by atoms with Crippen LogP contribution >= 0.6 is 11.6 Å². The van der Waals surface area contributed by atoms with Gasteiger partial charge in [0.05, 0.1) is 12.1 Å². The third-order valence-electron chi connectivity index (χ3n) is 4.32. The van der Waals surface area contributed by atoms with Gasteiger partial charge in [-0.15, -0.1) is 0 Å². The summed E-state index contributed by atoms with van der Waals surface area (Å²) in [6.07, 6.45) is 6.25. The second kappa shape index (κ2) is 5.68. The topological polar surface area (TPSA) is 45.1 Å². The SMILES string of the molecule is OCC1(NCc2ccc(Cl)c3cccnc23)CCCC1. The van der Waals surface area contributed by atoms with Crippen LogP contribution in [0.15, 0.2) is 30.5 Å². The summed E-state index contributed by atoms with van der Waals surface area (Å²) in [6.45, 7) is 0.914. The summed E-state index contributed by atoms with van der Waals surface area (Å²) in [4.78, 5) is 4.45. The van der Waals surface area contributed by atoms with Crippen LogP contribution in [0.2, 0.25) is 5.02 Å². The van der Waals surface area contributed by atoms with Gasteiger partial charge in [0, 0.05) is 28.7 Å². The van der Waals surface area contributed by atoms with E-state index in [1.54, 1.807) is 6.20 Å². The number of pyridine rings is 1. The molecule has 106 valence electrons. The van der Waals surface area contributed by atoms with Crippen molar-refractivity contribution in [1.29, 1.82) is 0 Å². The summed E-state index contributed by atoms with van der Waals surface area (Å²) in [5.41, 5.74) is 1.96. The van der Waals surface area contributed by atoms with Gasteiger partial charge in [-0.2, -0.15) is 0 Å². The zero-order chi connectivity index (χ0) is 14.0. The first-order valence-electron chi connectivity index (χ1n) is 7.12. The molecular weight excluding hydrogens is 272 g/mol. The van der Waals surface area contributed by atoms with Gasteiger partial charge in [-0.05, 0) is 36.6 Å². The molecule has 0 atom stereocenters. The monoisotopic (exact) mass is 290 g/mol. The molecule has 0 unspecified atom stereocenters. The van der Waals surface area contributed by atoms with Crippen molar-refractivity contribution in [1.82, 2.24) is 10.3 Å². The minimum absolute atomic E-state index is 0.110. The van der Waals surface area contributed by atoms with E-state index >= 15 is 0 Å². The molecule has 3 rings (SSSR count). The molecule has 1 aliphatic carbocycles. The smallest absolute Gasteiger partial charge is 0.0761 e. The normalized spacial score (nSPS) is 17.7. The van der Waals surface area contributed by atoms with Crippen LogP contribution in [0.1, 0.15) is 31.2 Å². The first-order valence-corrected chi connectivity index (χ1v) is 7.50. The second-order valence-electron chi connectivity index (χ2n) is 5.61. The van der Waals surface area contributed by atoms with Gasteiger partial charge in [0.25, 0.3) is 0 Å². The van der Waals surface area contributed by atoms with Crippen LogP contribution in [0.5, 0.6) is 0 Å². The number of halogens is 1. The van der Waals surface area contributed by atoms with Gasteiger partial charge in [-0.1, -0.05) is 30.5 Å². The maximum atomic E-state index is 9.65. The standard InChI is InChI=1S/C16H19ClN2O/c17-14-6-5-12(15-13(14)4-3-9-18-15)10-19-16(11-20)7-1-2-8-16/h3-6,9,19-20H,1-2,7-8,10-11H2. The number of fused-ring (bicyclic) bond motifs is 1. The highest BCUT2D eigenvalue weighted by Gasteiger charge is 2.32. The Morgan fingerprint density at radius 1 is 1.25 bits per heavy atom. The lowest BCUT2D eigenvalue weighted by atomic mass is 9.98. The molecule has 0 radical (unpaired) electrons. The maximum Gasteiger partial charge on any atom is 0.0761 e. The minimum atomic E-state index is -0.110. The fourth-order valence-electron chi connectivity index (χ4n) is 3.06. The molecule has 0 saturated heterocycles. The van der Waals surface area contributed by atoms with E-state index in [-0.39, 0.29) is 12.1 Å². The van der Waals surface area contributed by atoms with E-state index < -0.39 is 0 Å². The van der Waals surface area contributed by atoms with E-state index in [4.69, 9.17) is 11.6 Å². The lowest BCUT2D eigenvalue weighted by molar-refractivity contribution is 0.163. The molecule has 1 aromatic carbocycles. The van der Waals surface area contributed by atoms with Gasteiger partial charge in [0.1, 0.15) is 0 Å². The van der Waals surface area contributed by atoms with Gasteiger partial charge in [-0.3, -0.25) is 4.98 Å². The molecule has 1 saturated carbocycles. The Hall–Kier alpha value is -1.16. The molecule has 3 nitrogen and oxygen atoms in total. The highest BCUT2D eigenvalue weighted by Crippen LogP contribution is 2.30. The van der Waals surface area contributed by atoms with Crippen molar-refractivity contribution in [2.24, 2.45) is 0 Å². The number of nitrogens with one attached hydrogen (secondary N) is 1. The highest BCUT2D eigenvalue weighted by molar-refractivity contribution is 6.35. The van der Waals surface area contributed by atoms with Crippen molar-refractivity contribution in [3.05, 3.63) is 41.0 Å². The number of aromatic nitrogens is 1. The van der Waals surface area contributed by atoms with Crippen molar-refractivity contribution in [3.63, 3.8) is 0 Å².